The molecule has 0 spiro atoms. The maximum atomic E-state index is 12.9. The van der Waals surface area contributed by atoms with Crippen molar-refractivity contribution in [3.8, 4) is 0 Å². The molecular weight excluding hydrogens is 498 g/mol. The fourth-order valence-corrected chi connectivity index (χ4v) is 6.18. The SMILES string of the molecule is O=C1OC(c2cccc3ccccc23)=NC1=CN1CCC(CNS(=O)(=O)c2ccc3ccccc3c2)CC1. The molecule has 38 heavy (non-hydrogen) atoms. The van der Waals surface area contributed by atoms with E-state index in [2.05, 4.69) is 14.6 Å². The Balaban J connectivity index is 1.08. The fourth-order valence-electron chi connectivity index (χ4n) is 5.03. The van der Waals surface area contributed by atoms with Crippen LogP contribution in [-0.4, -0.2) is 44.8 Å². The summed E-state index contributed by atoms with van der Waals surface area (Å²) < 4.78 is 34.1. The molecule has 8 heteroatoms. The summed E-state index contributed by atoms with van der Waals surface area (Å²) in [4.78, 5) is 19.4. The average molecular weight is 526 g/mol. The standard InChI is InChI=1S/C30H27N3O4S/c34-30-28(32-29(37-30)27-11-5-9-23-7-3-4-10-26(23)27)20-33-16-14-21(15-17-33)19-31-38(35,36)25-13-12-22-6-1-2-8-24(22)18-25/h1-13,18,20-21,31H,14-17,19H2. The van der Waals surface area contributed by atoms with Crippen molar-refractivity contribution < 1.29 is 17.9 Å². The van der Waals surface area contributed by atoms with Crippen molar-refractivity contribution in [2.24, 2.45) is 10.9 Å². The lowest BCUT2D eigenvalue weighted by Gasteiger charge is -2.31. The molecule has 4 aromatic carbocycles. The first-order valence-corrected chi connectivity index (χ1v) is 14.2. The van der Waals surface area contributed by atoms with Crippen LogP contribution < -0.4 is 4.72 Å². The summed E-state index contributed by atoms with van der Waals surface area (Å²) in [6.07, 6.45) is 3.37. The van der Waals surface area contributed by atoms with Gasteiger partial charge in [-0.3, -0.25) is 0 Å². The number of likely N-dealkylation sites (tertiary alicyclic amines) is 1. The summed E-state index contributed by atoms with van der Waals surface area (Å²) in [7, 11) is -3.59. The molecule has 192 valence electrons. The molecule has 0 amide bonds. The number of carbonyl (C=O) groups is 1. The molecule has 0 radical (unpaired) electrons. The van der Waals surface area contributed by atoms with Crippen molar-refractivity contribution in [3.05, 3.63) is 102 Å². The van der Waals surface area contributed by atoms with Crippen LogP contribution in [0.1, 0.15) is 18.4 Å². The molecule has 4 aromatic rings. The number of piperidine rings is 1. The Morgan fingerprint density at radius 1 is 0.895 bits per heavy atom. The molecule has 0 aliphatic carbocycles. The quantitative estimate of drug-likeness (QED) is 0.288. The van der Waals surface area contributed by atoms with Crippen LogP contribution in [0.15, 0.2) is 107 Å². The summed E-state index contributed by atoms with van der Waals surface area (Å²) in [5.41, 5.74) is 1.07. The minimum absolute atomic E-state index is 0.213. The third kappa shape index (κ3) is 4.92. The van der Waals surface area contributed by atoms with Crippen LogP contribution in [0.25, 0.3) is 21.5 Å². The van der Waals surface area contributed by atoms with E-state index in [1.165, 1.54) is 0 Å². The minimum atomic E-state index is -3.59. The third-order valence-corrected chi connectivity index (χ3v) is 8.61. The van der Waals surface area contributed by atoms with Crippen LogP contribution in [-0.2, 0) is 19.6 Å². The second kappa shape index (κ2) is 10.0. The van der Waals surface area contributed by atoms with Gasteiger partial charge in [0.2, 0.25) is 15.9 Å². The number of aliphatic imine (C=N–C) groups is 1. The van der Waals surface area contributed by atoms with Gasteiger partial charge >= 0.3 is 5.97 Å². The number of nitrogens with one attached hydrogen (secondary N) is 1. The zero-order valence-corrected chi connectivity index (χ0v) is 21.5. The zero-order chi connectivity index (χ0) is 26.1. The first-order chi connectivity index (χ1) is 18.5. The number of carbonyl (C=O) groups excluding carboxylic acids is 1. The Morgan fingerprint density at radius 2 is 1.61 bits per heavy atom. The van der Waals surface area contributed by atoms with E-state index < -0.39 is 16.0 Å². The number of sulfonamides is 1. The number of rotatable bonds is 6. The van der Waals surface area contributed by atoms with Crippen LogP contribution in [0.3, 0.4) is 0 Å². The molecular formula is C30H27N3O4S. The summed E-state index contributed by atoms with van der Waals surface area (Å²) in [5.74, 6) is 0.0689. The molecule has 2 heterocycles. The van der Waals surface area contributed by atoms with Gasteiger partial charge in [0.15, 0.2) is 5.70 Å². The highest BCUT2D eigenvalue weighted by molar-refractivity contribution is 7.89. The number of cyclic esters (lactones) is 1. The Hall–Kier alpha value is -4.01. The number of benzene rings is 4. The number of fused-ring (bicyclic) bond motifs is 2. The third-order valence-electron chi connectivity index (χ3n) is 7.19. The molecule has 1 fully saturated rings. The zero-order valence-electron chi connectivity index (χ0n) is 20.7. The van der Waals surface area contributed by atoms with E-state index in [9.17, 15) is 13.2 Å². The highest BCUT2D eigenvalue weighted by atomic mass is 32.2. The molecule has 1 saturated heterocycles. The molecule has 2 aliphatic rings. The van der Waals surface area contributed by atoms with Gasteiger partial charge in [-0.05, 0) is 58.5 Å². The van der Waals surface area contributed by atoms with Gasteiger partial charge in [-0.15, -0.1) is 0 Å². The van der Waals surface area contributed by atoms with Crippen molar-refractivity contribution in [1.82, 2.24) is 9.62 Å². The topological polar surface area (TPSA) is 88.1 Å². The van der Waals surface area contributed by atoms with Crippen molar-refractivity contribution >= 4 is 43.4 Å². The normalized spacial score (nSPS) is 17.8. The predicted octanol–water partition coefficient (Wildman–Crippen LogP) is 4.83. The van der Waals surface area contributed by atoms with Crippen LogP contribution in [0.5, 0.6) is 0 Å². The molecule has 0 saturated carbocycles. The lowest BCUT2D eigenvalue weighted by molar-refractivity contribution is -0.130. The molecule has 6 rings (SSSR count). The number of esters is 1. The monoisotopic (exact) mass is 525 g/mol. The van der Waals surface area contributed by atoms with Crippen molar-refractivity contribution in [2.75, 3.05) is 19.6 Å². The first kappa shape index (κ1) is 24.3. The van der Waals surface area contributed by atoms with E-state index in [0.717, 1.165) is 39.9 Å². The molecule has 0 unspecified atom stereocenters. The van der Waals surface area contributed by atoms with Crippen LogP contribution in [0.4, 0.5) is 0 Å². The summed E-state index contributed by atoms with van der Waals surface area (Å²) in [6, 6.07) is 26.7. The van der Waals surface area contributed by atoms with E-state index >= 15 is 0 Å². The van der Waals surface area contributed by atoms with Crippen LogP contribution >= 0.6 is 0 Å². The smallest absolute Gasteiger partial charge is 0.365 e. The number of hydrogen-bond donors (Lipinski definition) is 1. The second-order valence-corrected chi connectivity index (χ2v) is 11.5. The minimum Gasteiger partial charge on any atom is -0.402 e. The number of nitrogens with zero attached hydrogens (tertiary/aromatic N) is 2. The van der Waals surface area contributed by atoms with Crippen molar-refractivity contribution in [2.45, 2.75) is 17.7 Å². The van der Waals surface area contributed by atoms with Crippen LogP contribution in [0.2, 0.25) is 0 Å². The Labute approximate surface area is 221 Å². The van der Waals surface area contributed by atoms with Gasteiger partial charge < -0.3 is 9.64 Å². The average Bonchev–Trinajstić information content (AvgIpc) is 3.31. The molecule has 1 N–H and O–H groups in total. The van der Waals surface area contributed by atoms with E-state index in [0.29, 0.717) is 25.5 Å². The van der Waals surface area contributed by atoms with Gasteiger partial charge in [-0.25, -0.2) is 22.9 Å². The van der Waals surface area contributed by atoms with E-state index in [4.69, 9.17) is 4.74 Å². The van der Waals surface area contributed by atoms with E-state index in [1.54, 1.807) is 18.3 Å². The van der Waals surface area contributed by atoms with Gasteiger partial charge in [0.05, 0.1) is 4.90 Å². The van der Waals surface area contributed by atoms with Gasteiger partial charge in [-0.2, -0.15) is 0 Å². The highest BCUT2D eigenvalue weighted by Gasteiger charge is 2.27. The highest BCUT2D eigenvalue weighted by Crippen LogP contribution is 2.25. The van der Waals surface area contributed by atoms with Gasteiger partial charge in [-0.1, -0.05) is 66.7 Å². The largest absolute Gasteiger partial charge is 0.402 e. The van der Waals surface area contributed by atoms with Gasteiger partial charge in [0.1, 0.15) is 0 Å². The maximum absolute atomic E-state index is 12.9. The van der Waals surface area contributed by atoms with Gasteiger partial charge in [0, 0.05) is 31.4 Å². The summed E-state index contributed by atoms with van der Waals surface area (Å²) in [6.45, 7) is 1.79. The molecule has 0 bridgehead atoms. The Morgan fingerprint density at radius 3 is 2.42 bits per heavy atom. The summed E-state index contributed by atoms with van der Waals surface area (Å²) in [5, 5.41) is 3.94. The molecule has 7 nitrogen and oxygen atoms in total. The molecule has 0 atom stereocenters. The van der Waals surface area contributed by atoms with Gasteiger partial charge in [0.25, 0.3) is 0 Å². The first-order valence-electron chi connectivity index (χ1n) is 12.7. The maximum Gasteiger partial charge on any atom is 0.365 e. The van der Waals surface area contributed by atoms with E-state index in [-0.39, 0.29) is 16.5 Å². The lowest BCUT2D eigenvalue weighted by Crippen LogP contribution is -2.36. The molecule has 0 aromatic heterocycles. The van der Waals surface area contributed by atoms with Crippen molar-refractivity contribution in [1.29, 1.82) is 0 Å². The predicted molar refractivity (Wildman–Crippen MR) is 148 cm³/mol. The molecule has 2 aliphatic heterocycles. The fraction of sp³-hybridized carbons (Fsp3) is 0.200. The number of ether oxygens (including phenoxy) is 1. The van der Waals surface area contributed by atoms with Crippen molar-refractivity contribution in [3.63, 3.8) is 0 Å². The lowest BCUT2D eigenvalue weighted by atomic mass is 9.97. The Bertz CT molecular complexity index is 1700. The van der Waals surface area contributed by atoms with Crippen LogP contribution in [0, 0.1) is 5.92 Å². The number of hydrogen-bond acceptors (Lipinski definition) is 6. The second-order valence-electron chi connectivity index (χ2n) is 9.69. The van der Waals surface area contributed by atoms with E-state index in [1.807, 2.05) is 72.8 Å². The summed E-state index contributed by atoms with van der Waals surface area (Å²) >= 11 is 0. The Kier molecular flexibility index (Phi) is 6.43.